The van der Waals surface area contributed by atoms with E-state index in [0.717, 1.165) is 25.9 Å². The fourth-order valence-electron chi connectivity index (χ4n) is 2.62. The van der Waals surface area contributed by atoms with E-state index in [1.165, 1.54) is 6.07 Å². The van der Waals surface area contributed by atoms with E-state index in [4.69, 9.17) is 5.11 Å². The molecule has 21 heavy (non-hydrogen) atoms. The Labute approximate surface area is 124 Å². The highest BCUT2D eigenvalue weighted by Crippen LogP contribution is 2.15. The largest absolute Gasteiger partial charge is 0.478 e. The van der Waals surface area contributed by atoms with Crippen LogP contribution in [0.2, 0.25) is 0 Å². The third-order valence-electron chi connectivity index (χ3n) is 3.67. The molecular formula is C15H21N3O3. The highest BCUT2D eigenvalue weighted by Gasteiger charge is 2.19. The van der Waals surface area contributed by atoms with Crippen molar-refractivity contribution < 1.29 is 14.7 Å². The van der Waals surface area contributed by atoms with Crippen molar-refractivity contribution in [1.82, 2.24) is 10.2 Å². The number of urea groups is 1. The van der Waals surface area contributed by atoms with Crippen LogP contribution < -0.4 is 10.6 Å². The van der Waals surface area contributed by atoms with E-state index in [9.17, 15) is 9.59 Å². The maximum atomic E-state index is 12.0. The van der Waals surface area contributed by atoms with Gasteiger partial charge in [0.1, 0.15) is 0 Å². The number of anilines is 1. The number of carbonyl (C=O) groups is 2. The summed E-state index contributed by atoms with van der Waals surface area (Å²) in [6.07, 6.45) is 2.06. The van der Waals surface area contributed by atoms with Crippen LogP contribution in [-0.4, -0.2) is 48.2 Å². The minimum atomic E-state index is -0.964. The Kier molecular flexibility index (Phi) is 4.80. The van der Waals surface area contributed by atoms with Gasteiger partial charge in [-0.25, -0.2) is 9.59 Å². The lowest BCUT2D eigenvalue weighted by atomic mass is 10.1. The van der Waals surface area contributed by atoms with Crippen LogP contribution in [0.1, 0.15) is 28.8 Å². The van der Waals surface area contributed by atoms with Crippen molar-refractivity contribution in [3.05, 3.63) is 29.3 Å². The second-order valence-electron chi connectivity index (χ2n) is 5.53. The lowest BCUT2D eigenvalue weighted by Gasteiger charge is -2.30. The van der Waals surface area contributed by atoms with E-state index in [0.29, 0.717) is 11.3 Å². The molecule has 0 spiro atoms. The molecule has 0 aliphatic carbocycles. The van der Waals surface area contributed by atoms with Crippen LogP contribution in [-0.2, 0) is 0 Å². The number of aryl methyl sites for hydroxylation is 1. The van der Waals surface area contributed by atoms with Crippen LogP contribution in [0, 0.1) is 6.92 Å². The van der Waals surface area contributed by atoms with Gasteiger partial charge in [0.15, 0.2) is 0 Å². The maximum absolute atomic E-state index is 12.0. The number of hydrogen-bond acceptors (Lipinski definition) is 3. The molecule has 2 rings (SSSR count). The summed E-state index contributed by atoms with van der Waals surface area (Å²) in [4.78, 5) is 25.1. The molecule has 1 aliphatic rings. The minimum Gasteiger partial charge on any atom is -0.478 e. The molecule has 6 nitrogen and oxygen atoms in total. The predicted molar refractivity (Wildman–Crippen MR) is 80.8 cm³/mol. The van der Waals surface area contributed by atoms with Crippen molar-refractivity contribution in [3.8, 4) is 0 Å². The highest BCUT2D eigenvalue weighted by atomic mass is 16.4. The summed E-state index contributed by atoms with van der Waals surface area (Å²) in [5.74, 6) is -0.964. The number of benzene rings is 1. The lowest BCUT2D eigenvalue weighted by Crippen LogP contribution is -2.47. The Morgan fingerprint density at radius 1 is 1.38 bits per heavy atom. The molecule has 1 aromatic carbocycles. The van der Waals surface area contributed by atoms with E-state index in [2.05, 4.69) is 15.5 Å². The third-order valence-corrected chi connectivity index (χ3v) is 3.67. The predicted octanol–water partition coefficient (Wildman–Crippen LogP) is 1.91. The van der Waals surface area contributed by atoms with Crippen LogP contribution in [0.15, 0.2) is 18.2 Å². The number of hydrogen-bond donors (Lipinski definition) is 3. The zero-order chi connectivity index (χ0) is 15.4. The van der Waals surface area contributed by atoms with Gasteiger partial charge in [-0.05, 0) is 57.1 Å². The number of carbonyl (C=O) groups excluding carboxylic acids is 1. The smallest absolute Gasteiger partial charge is 0.335 e. The molecule has 1 fully saturated rings. The lowest BCUT2D eigenvalue weighted by molar-refractivity contribution is 0.0696. The average Bonchev–Trinajstić information content (AvgIpc) is 2.38. The van der Waals surface area contributed by atoms with Gasteiger partial charge in [0, 0.05) is 18.3 Å². The molecule has 0 radical (unpaired) electrons. The Balaban J connectivity index is 1.93. The van der Waals surface area contributed by atoms with Gasteiger partial charge in [-0.1, -0.05) is 0 Å². The van der Waals surface area contributed by atoms with Crippen LogP contribution >= 0.6 is 0 Å². The molecule has 0 bridgehead atoms. The molecule has 1 aliphatic heterocycles. The number of amides is 2. The number of likely N-dealkylation sites (tertiary alicyclic amines) is 1. The Hall–Kier alpha value is -2.08. The zero-order valence-electron chi connectivity index (χ0n) is 12.3. The summed E-state index contributed by atoms with van der Waals surface area (Å²) in [7, 11) is 2.04. The van der Waals surface area contributed by atoms with Crippen molar-refractivity contribution in [2.24, 2.45) is 0 Å². The molecule has 1 heterocycles. The van der Waals surface area contributed by atoms with Crippen molar-refractivity contribution in [3.63, 3.8) is 0 Å². The van der Waals surface area contributed by atoms with Gasteiger partial charge in [-0.2, -0.15) is 0 Å². The second-order valence-corrected chi connectivity index (χ2v) is 5.53. The molecule has 1 atom stereocenters. The molecule has 0 aromatic heterocycles. The van der Waals surface area contributed by atoms with Crippen molar-refractivity contribution in [2.75, 3.05) is 25.5 Å². The third kappa shape index (κ3) is 4.19. The molecule has 114 valence electrons. The number of rotatable bonds is 3. The van der Waals surface area contributed by atoms with Gasteiger partial charge >= 0.3 is 12.0 Å². The van der Waals surface area contributed by atoms with Gasteiger partial charge in [-0.3, -0.25) is 0 Å². The summed E-state index contributed by atoms with van der Waals surface area (Å²) in [5, 5.41) is 14.7. The van der Waals surface area contributed by atoms with Crippen LogP contribution in [0.5, 0.6) is 0 Å². The van der Waals surface area contributed by atoms with E-state index in [1.54, 1.807) is 19.1 Å². The second kappa shape index (κ2) is 6.58. The normalized spacial score (nSPS) is 19.0. The first-order valence-electron chi connectivity index (χ1n) is 7.05. The molecule has 1 saturated heterocycles. The van der Waals surface area contributed by atoms with Crippen LogP contribution in [0.3, 0.4) is 0 Å². The first-order chi connectivity index (χ1) is 9.95. The monoisotopic (exact) mass is 291 g/mol. The molecule has 1 unspecified atom stereocenters. The first kappa shape index (κ1) is 15.3. The highest BCUT2D eigenvalue weighted by molar-refractivity contribution is 5.92. The number of nitrogens with zero attached hydrogens (tertiary/aromatic N) is 1. The Morgan fingerprint density at radius 3 is 2.76 bits per heavy atom. The van der Waals surface area contributed by atoms with Crippen LogP contribution in [0.4, 0.5) is 10.5 Å². The summed E-state index contributed by atoms with van der Waals surface area (Å²) in [5.41, 5.74) is 1.46. The molecule has 2 amide bonds. The van der Waals surface area contributed by atoms with E-state index in [1.807, 2.05) is 7.05 Å². The summed E-state index contributed by atoms with van der Waals surface area (Å²) in [6.45, 7) is 3.63. The number of piperidine rings is 1. The number of likely N-dealkylation sites (N-methyl/N-ethyl adjacent to an activating group) is 1. The molecule has 1 aromatic rings. The van der Waals surface area contributed by atoms with Gasteiger partial charge < -0.3 is 20.6 Å². The standard InChI is InChI=1S/C15H21N3O3/c1-10-8-11(5-6-13(10)14(19)20)16-15(21)17-12-4-3-7-18(2)9-12/h5-6,8,12H,3-4,7,9H2,1-2H3,(H,19,20)(H2,16,17,21). The fourth-order valence-corrected chi connectivity index (χ4v) is 2.62. The summed E-state index contributed by atoms with van der Waals surface area (Å²) >= 11 is 0. The SMILES string of the molecule is Cc1cc(NC(=O)NC2CCCN(C)C2)ccc1C(=O)O. The molecule has 3 N–H and O–H groups in total. The number of carboxylic acid groups (broad SMARTS) is 1. The summed E-state index contributed by atoms with van der Waals surface area (Å²) < 4.78 is 0. The van der Waals surface area contributed by atoms with Crippen molar-refractivity contribution in [1.29, 1.82) is 0 Å². The van der Waals surface area contributed by atoms with Gasteiger partial charge in [0.2, 0.25) is 0 Å². The zero-order valence-corrected chi connectivity index (χ0v) is 12.3. The molecular weight excluding hydrogens is 270 g/mol. The fraction of sp³-hybridized carbons (Fsp3) is 0.467. The minimum absolute atomic E-state index is 0.156. The molecule has 0 saturated carbocycles. The van der Waals surface area contributed by atoms with E-state index < -0.39 is 5.97 Å². The van der Waals surface area contributed by atoms with Gasteiger partial charge in [0.05, 0.1) is 5.56 Å². The number of nitrogens with one attached hydrogen (secondary N) is 2. The number of carboxylic acids is 1. The average molecular weight is 291 g/mol. The Bertz CT molecular complexity index is 545. The van der Waals surface area contributed by atoms with Gasteiger partial charge in [0.25, 0.3) is 0 Å². The van der Waals surface area contributed by atoms with E-state index in [-0.39, 0.29) is 17.6 Å². The van der Waals surface area contributed by atoms with E-state index >= 15 is 0 Å². The Morgan fingerprint density at radius 2 is 2.14 bits per heavy atom. The van der Waals surface area contributed by atoms with Crippen molar-refractivity contribution >= 4 is 17.7 Å². The topological polar surface area (TPSA) is 81.7 Å². The molecule has 6 heteroatoms. The van der Waals surface area contributed by atoms with Crippen LogP contribution in [0.25, 0.3) is 0 Å². The van der Waals surface area contributed by atoms with Gasteiger partial charge in [-0.15, -0.1) is 0 Å². The first-order valence-corrected chi connectivity index (χ1v) is 7.05. The maximum Gasteiger partial charge on any atom is 0.335 e. The van der Waals surface area contributed by atoms with Crippen molar-refractivity contribution in [2.45, 2.75) is 25.8 Å². The quantitative estimate of drug-likeness (QED) is 0.794. The number of aromatic carboxylic acids is 1. The summed E-state index contributed by atoms with van der Waals surface area (Å²) in [6, 6.07) is 4.67.